The van der Waals surface area contributed by atoms with Crippen LogP contribution in [-0.2, 0) is 14.4 Å². The molecular weight excluding hydrogens is 258 g/mol. The Balaban J connectivity index is 0.000000511. The molecule has 0 bridgehead atoms. The number of allylic oxidation sites excluding steroid dienone is 2. The fraction of sp³-hybridized carbons (Fsp3) is 0.0667. The van der Waals surface area contributed by atoms with Gasteiger partial charge < -0.3 is 9.94 Å². The first-order chi connectivity index (χ1) is 9.47. The van der Waals surface area contributed by atoms with Crippen molar-refractivity contribution in [2.45, 2.75) is 6.92 Å². The van der Waals surface area contributed by atoms with Crippen LogP contribution >= 0.6 is 0 Å². The van der Waals surface area contributed by atoms with Gasteiger partial charge in [0.2, 0.25) is 0 Å². The van der Waals surface area contributed by atoms with Crippen molar-refractivity contribution in [1.29, 1.82) is 0 Å². The summed E-state index contributed by atoms with van der Waals surface area (Å²) >= 11 is 0. The second-order valence-electron chi connectivity index (χ2n) is 3.65. The molecule has 0 aliphatic carbocycles. The summed E-state index contributed by atoms with van der Waals surface area (Å²) in [5.74, 6) is 3.14. The zero-order valence-electron chi connectivity index (χ0n) is 11.2. The number of aliphatic carboxylic acids is 1. The maximum Gasteiger partial charge on any atom is 0.349 e. The number of carboxylic acid groups (broad SMARTS) is 1. The lowest BCUT2D eigenvalue weighted by Gasteiger charge is -1.88. The van der Waals surface area contributed by atoms with Gasteiger partial charge in [-0.3, -0.25) is 0 Å². The molecule has 1 aromatic carbocycles. The molecule has 0 unspecified atom stereocenters. The quantitative estimate of drug-likeness (QED) is 0.500. The van der Waals surface area contributed by atoms with Gasteiger partial charge in [-0.15, -0.1) is 0 Å². The van der Waals surface area contributed by atoms with Gasteiger partial charge in [-0.1, -0.05) is 55.1 Å². The molecule has 1 aromatic rings. The molecule has 106 valence electrons. The van der Waals surface area contributed by atoms with Gasteiger partial charge in [-0.05, 0) is 12.5 Å². The van der Waals surface area contributed by atoms with Crippen LogP contribution in [0.2, 0.25) is 0 Å². The van der Waals surface area contributed by atoms with Crippen LogP contribution < -0.4 is 5.90 Å². The fourth-order valence-corrected chi connectivity index (χ4v) is 0.904. The van der Waals surface area contributed by atoms with Crippen LogP contribution in [0.4, 0.5) is 0 Å². The number of carboxylic acids is 1. The normalized spacial score (nSPS) is 9.90. The van der Waals surface area contributed by atoms with Crippen molar-refractivity contribution in [3.63, 3.8) is 0 Å². The summed E-state index contributed by atoms with van der Waals surface area (Å²) in [5, 5.41) is 7.89. The highest BCUT2D eigenvalue weighted by Gasteiger charge is 1.90. The molecule has 0 saturated carbocycles. The topological polar surface area (TPSA) is 89.6 Å². The van der Waals surface area contributed by atoms with E-state index in [4.69, 9.17) is 5.11 Å². The SMILES string of the molecule is C=C(C)C(=O)O.NOC(=O)C=CC=Cc1ccccc1. The number of carbonyl (C=O) groups excluding carboxylic acids is 1. The van der Waals surface area contributed by atoms with Gasteiger partial charge in [0.05, 0.1) is 0 Å². The summed E-state index contributed by atoms with van der Waals surface area (Å²) in [6.07, 6.45) is 6.44. The Morgan fingerprint density at radius 2 is 1.80 bits per heavy atom. The average molecular weight is 275 g/mol. The molecule has 0 radical (unpaired) electrons. The molecule has 0 aromatic heterocycles. The van der Waals surface area contributed by atoms with Crippen LogP contribution in [0, 0.1) is 0 Å². The molecule has 0 aliphatic heterocycles. The third-order valence-electron chi connectivity index (χ3n) is 1.91. The molecule has 20 heavy (non-hydrogen) atoms. The second kappa shape index (κ2) is 10.3. The Kier molecular flexibility index (Phi) is 8.91. The number of benzene rings is 1. The molecule has 0 amide bonds. The zero-order chi connectivity index (χ0) is 15.4. The van der Waals surface area contributed by atoms with Crippen LogP contribution in [0.15, 0.2) is 60.7 Å². The number of rotatable bonds is 4. The van der Waals surface area contributed by atoms with Gasteiger partial charge in [0.25, 0.3) is 0 Å². The van der Waals surface area contributed by atoms with Crippen molar-refractivity contribution in [2.75, 3.05) is 0 Å². The Bertz CT molecular complexity index is 492. The number of carbonyl (C=O) groups is 2. The van der Waals surface area contributed by atoms with Crippen LogP contribution in [0.3, 0.4) is 0 Å². The molecule has 0 atom stereocenters. The molecule has 5 heteroatoms. The summed E-state index contributed by atoms with van der Waals surface area (Å²) in [7, 11) is 0. The first kappa shape index (κ1) is 17.3. The van der Waals surface area contributed by atoms with E-state index in [0.717, 1.165) is 5.56 Å². The van der Waals surface area contributed by atoms with Crippen molar-refractivity contribution in [1.82, 2.24) is 0 Å². The molecule has 0 spiro atoms. The molecule has 0 aliphatic rings. The minimum absolute atomic E-state index is 0.176. The standard InChI is InChI=1S/C11H11NO2.C4H6O2/c12-14-11(13)9-5-4-8-10-6-2-1-3-7-10;1-3(2)4(5)6/h1-9H,12H2;1H2,2H3,(H,5,6). The number of nitrogens with two attached hydrogens (primary N) is 1. The van der Waals surface area contributed by atoms with Crippen LogP contribution in [-0.4, -0.2) is 17.0 Å². The minimum atomic E-state index is -0.935. The lowest BCUT2D eigenvalue weighted by atomic mass is 10.2. The number of hydrogen-bond acceptors (Lipinski definition) is 4. The summed E-state index contributed by atoms with van der Waals surface area (Å²) in [5.41, 5.74) is 1.24. The largest absolute Gasteiger partial charge is 0.478 e. The van der Waals surface area contributed by atoms with E-state index in [2.05, 4.69) is 17.3 Å². The Hall–Kier alpha value is -2.66. The van der Waals surface area contributed by atoms with Gasteiger partial charge in [-0.25, -0.2) is 9.59 Å². The zero-order valence-corrected chi connectivity index (χ0v) is 11.2. The molecule has 0 fully saturated rings. The first-order valence-corrected chi connectivity index (χ1v) is 5.66. The smallest absolute Gasteiger partial charge is 0.349 e. The van der Waals surface area contributed by atoms with Crippen molar-refractivity contribution in [3.8, 4) is 0 Å². The minimum Gasteiger partial charge on any atom is -0.478 e. The third kappa shape index (κ3) is 9.38. The van der Waals surface area contributed by atoms with Gasteiger partial charge in [-0.2, -0.15) is 5.90 Å². The summed E-state index contributed by atoms with van der Waals surface area (Å²) in [6, 6.07) is 9.76. The van der Waals surface area contributed by atoms with E-state index in [1.807, 2.05) is 36.4 Å². The number of hydrogen-bond donors (Lipinski definition) is 2. The first-order valence-electron chi connectivity index (χ1n) is 5.66. The summed E-state index contributed by atoms with van der Waals surface area (Å²) in [6.45, 7) is 4.60. The van der Waals surface area contributed by atoms with Gasteiger partial charge in [0.15, 0.2) is 0 Å². The highest BCUT2D eigenvalue weighted by Crippen LogP contribution is 2.00. The van der Waals surface area contributed by atoms with Crippen LogP contribution in [0.5, 0.6) is 0 Å². The van der Waals surface area contributed by atoms with E-state index in [-0.39, 0.29) is 5.57 Å². The second-order valence-corrected chi connectivity index (χ2v) is 3.65. The van der Waals surface area contributed by atoms with E-state index in [1.165, 1.54) is 13.0 Å². The van der Waals surface area contributed by atoms with Crippen molar-refractivity contribution >= 4 is 18.0 Å². The van der Waals surface area contributed by atoms with Crippen LogP contribution in [0.25, 0.3) is 6.08 Å². The van der Waals surface area contributed by atoms with E-state index in [9.17, 15) is 9.59 Å². The Morgan fingerprint density at radius 1 is 1.25 bits per heavy atom. The Morgan fingerprint density at radius 3 is 2.25 bits per heavy atom. The molecule has 5 nitrogen and oxygen atoms in total. The lowest BCUT2D eigenvalue weighted by molar-refractivity contribution is -0.138. The van der Waals surface area contributed by atoms with Crippen LogP contribution in [0.1, 0.15) is 12.5 Å². The summed E-state index contributed by atoms with van der Waals surface area (Å²) < 4.78 is 0. The average Bonchev–Trinajstić information content (AvgIpc) is 2.45. The maximum absolute atomic E-state index is 10.6. The molecule has 1 rings (SSSR count). The van der Waals surface area contributed by atoms with E-state index in [0.29, 0.717) is 0 Å². The molecule has 0 saturated heterocycles. The van der Waals surface area contributed by atoms with Gasteiger partial charge in [0, 0.05) is 11.6 Å². The Labute approximate surface area is 117 Å². The van der Waals surface area contributed by atoms with Gasteiger partial charge in [0.1, 0.15) is 0 Å². The van der Waals surface area contributed by atoms with E-state index < -0.39 is 11.9 Å². The monoisotopic (exact) mass is 275 g/mol. The van der Waals surface area contributed by atoms with E-state index in [1.54, 1.807) is 12.2 Å². The molecule has 0 heterocycles. The third-order valence-corrected chi connectivity index (χ3v) is 1.91. The van der Waals surface area contributed by atoms with Crippen molar-refractivity contribution < 1.29 is 19.5 Å². The van der Waals surface area contributed by atoms with Gasteiger partial charge >= 0.3 is 11.9 Å². The molecule has 3 N–H and O–H groups in total. The van der Waals surface area contributed by atoms with Crippen molar-refractivity contribution in [2.24, 2.45) is 5.90 Å². The predicted octanol–water partition coefficient (Wildman–Crippen LogP) is 2.32. The highest BCUT2D eigenvalue weighted by atomic mass is 16.7. The highest BCUT2D eigenvalue weighted by molar-refractivity contribution is 5.84. The summed E-state index contributed by atoms with van der Waals surface area (Å²) in [4.78, 5) is 24.1. The van der Waals surface area contributed by atoms with Crippen molar-refractivity contribution in [3.05, 3.63) is 66.3 Å². The predicted molar refractivity (Wildman–Crippen MR) is 77.3 cm³/mol. The molecular formula is C15H17NO4. The fourth-order valence-electron chi connectivity index (χ4n) is 0.904. The maximum atomic E-state index is 10.6. The van der Waals surface area contributed by atoms with E-state index >= 15 is 0 Å². The lowest BCUT2D eigenvalue weighted by Crippen LogP contribution is -2.05.